The molecule has 0 saturated heterocycles. The Bertz CT molecular complexity index is 1310. The van der Waals surface area contributed by atoms with Crippen molar-refractivity contribution in [1.29, 1.82) is 0 Å². The van der Waals surface area contributed by atoms with E-state index in [0.29, 0.717) is 18.9 Å². The summed E-state index contributed by atoms with van der Waals surface area (Å²) >= 11 is 6.02. The van der Waals surface area contributed by atoms with Gasteiger partial charge in [-0.25, -0.2) is 0 Å². The van der Waals surface area contributed by atoms with Gasteiger partial charge in [0, 0.05) is 29.8 Å². The van der Waals surface area contributed by atoms with Crippen molar-refractivity contribution in [2.24, 2.45) is 5.92 Å². The lowest BCUT2D eigenvalue weighted by atomic mass is 9.94. The second kappa shape index (κ2) is 12.4. The van der Waals surface area contributed by atoms with Crippen LogP contribution in [0.15, 0.2) is 90.6 Å². The van der Waals surface area contributed by atoms with Crippen molar-refractivity contribution >= 4 is 23.3 Å². The van der Waals surface area contributed by atoms with Gasteiger partial charge in [0.2, 0.25) is 5.91 Å². The molecule has 0 bridgehead atoms. The molecule has 4 nitrogen and oxygen atoms in total. The lowest BCUT2D eigenvalue weighted by Crippen LogP contribution is -2.25. The minimum absolute atomic E-state index is 0.0298. The van der Waals surface area contributed by atoms with Gasteiger partial charge < -0.3 is 15.4 Å². The van der Waals surface area contributed by atoms with Gasteiger partial charge in [-0.3, -0.25) is 4.79 Å². The van der Waals surface area contributed by atoms with Gasteiger partial charge in [-0.1, -0.05) is 77.8 Å². The number of allylic oxidation sites excluding steroid dienone is 2. The Kier molecular flexibility index (Phi) is 8.50. The van der Waals surface area contributed by atoms with Crippen molar-refractivity contribution in [2.75, 3.05) is 0 Å². The lowest BCUT2D eigenvalue weighted by molar-refractivity contribution is -0.122. The summed E-state index contributed by atoms with van der Waals surface area (Å²) < 4.78 is 5.77. The number of ether oxygens (including phenoxy) is 1. The van der Waals surface area contributed by atoms with E-state index in [-0.39, 0.29) is 12.1 Å². The fourth-order valence-corrected chi connectivity index (χ4v) is 5.34. The van der Waals surface area contributed by atoms with Crippen LogP contribution in [0.2, 0.25) is 5.02 Å². The van der Waals surface area contributed by atoms with Gasteiger partial charge in [-0.2, -0.15) is 0 Å². The van der Waals surface area contributed by atoms with Crippen LogP contribution in [0, 0.1) is 5.92 Å². The number of hydrogen-bond donors (Lipinski definition) is 2. The van der Waals surface area contributed by atoms with Crippen LogP contribution in [0.1, 0.15) is 55.7 Å². The van der Waals surface area contributed by atoms with Crippen LogP contribution in [0.5, 0.6) is 0 Å². The Morgan fingerprint density at radius 2 is 1.76 bits per heavy atom. The Balaban J connectivity index is 1.07. The first-order valence-electron chi connectivity index (χ1n) is 13.5. The summed E-state index contributed by atoms with van der Waals surface area (Å²) in [6.45, 7) is 2.54. The first-order valence-corrected chi connectivity index (χ1v) is 13.9. The Morgan fingerprint density at radius 3 is 2.53 bits per heavy atom. The molecule has 1 heterocycles. The number of rotatable bonds is 8. The molecule has 38 heavy (non-hydrogen) atoms. The molecule has 1 aliphatic heterocycles. The molecule has 196 valence electrons. The molecule has 0 radical (unpaired) electrons. The molecule has 3 aromatic rings. The smallest absolute Gasteiger partial charge is 0.220 e. The third-order valence-corrected chi connectivity index (χ3v) is 7.62. The molecular formula is C33H35ClN2O2. The van der Waals surface area contributed by atoms with E-state index in [0.717, 1.165) is 65.1 Å². The maximum absolute atomic E-state index is 12.8. The Labute approximate surface area is 230 Å². The normalized spacial score (nSPS) is 19.0. The van der Waals surface area contributed by atoms with Gasteiger partial charge in [0.25, 0.3) is 0 Å². The standard InChI is InChI=1S/C33H35ClN2O2/c1-23-35-22-32(38-23)29-12-10-26(11-13-29)18-24-4-2-5-25(9-8-24)20-33(37)36-21-27-6-3-7-30(19-27)28-14-16-31(34)17-15-28/h3-4,6-7,10-17,19,22-23,25,35H,2,5,8-9,18,20-21H2,1H3,(H,36,37). The number of carbonyl (C=O) groups excluding carboxylic acids is 1. The van der Waals surface area contributed by atoms with E-state index in [1.54, 1.807) is 0 Å². The minimum atomic E-state index is 0.0298. The average molecular weight is 527 g/mol. The highest BCUT2D eigenvalue weighted by Gasteiger charge is 2.18. The summed E-state index contributed by atoms with van der Waals surface area (Å²) in [5, 5.41) is 7.04. The molecular weight excluding hydrogens is 492 g/mol. The fourth-order valence-electron chi connectivity index (χ4n) is 5.21. The van der Waals surface area contributed by atoms with Gasteiger partial charge in [0.15, 0.2) is 6.23 Å². The van der Waals surface area contributed by atoms with Gasteiger partial charge >= 0.3 is 0 Å². The average Bonchev–Trinajstić information content (AvgIpc) is 3.25. The van der Waals surface area contributed by atoms with Crippen molar-refractivity contribution in [2.45, 2.75) is 58.2 Å². The highest BCUT2D eigenvalue weighted by atomic mass is 35.5. The first kappa shape index (κ1) is 26.1. The second-order valence-electron chi connectivity index (χ2n) is 10.3. The van der Waals surface area contributed by atoms with Crippen molar-refractivity contribution < 1.29 is 9.53 Å². The predicted molar refractivity (Wildman–Crippen MR) is 155 cm³/mol. The first-order chi connectivity index (χ1) is 18.5. The molecule has 2 unspecified atom stereocenters. The third kappa shape index (κ3) is 7.08. The van der Waals surface area contributed by atoms with E-state index in [9.17, 15) is 4.79 Å². The van der Waals surface area contributed by atoms with E-state index in [1.165, 1.54) is 11.1 Å². The van der Waals surface area contributed by atoms with Crippen molar-refractivity contribution in [1.82, 2.24) is 10.6 Å². The molecule has 3 aromatic carbocycles. The highest BCUT2D eigenvalue weighted by Crippen LogP contribution is 2.28. The summed E-state index contributed by atoms with van der Waals surface area (Å²) in [6, 6.07) is 24.8. The van der Waals surface area contributed by atoms with Crippen molar-refractivity contribution in [3.8, 4) is 11.1 Å². The van der Waals surface area contributed by atoms with Gasteiger partial charge in [-0.15, -0.1) is 0 Å². The quantitative estimate of drug-likeness (QED) is 0.296. The summed E-state index contributed by atoms with van der Waals surface area (Å²) in [6.07, 6.45) is 10.1. The molecule has 2 N–H and O–H groups in total. The monoisotopic (exact) mass is 526 g/mol. The number of benzene rings is 3. The number of hydrogen-bond acceptors (Lipinski definition) is 3. The van der Waals surface area contributed by atoms with Crippen molar-refractivity contribution in [3.63, 3.8) is 0 Å². The largest absolute Gasteiger partial charge is 0.469 e. The molecule has 0 spiro atoms. The summed E-state index contributed by atoms with van der Waals surface area (Å²) in [5.74, 6) is 1.46. The molecule has 2 atom stereocenters. The Morgan fingerprint density at radius 1 is 0.974 bits per heavy atom. The van der Waals surface area contributed by atoms with Crippen LogP contribution in [0.25, 0.3) is 16.9 Å². The molecule has 1 amide bonds. The van der Waals surface area contributed by atoms with E-state index < -0.39 is 0 Å². The lowest BCUT2D eigenvalue weighted by Gasteiger charge is -2.15. The van der Waals surface area contributed by atoms with E-state index in [2.05, 4.69) is 59.2 Å². The zero-order valence-electron chi connectivity index (χ0n) is 21.9. The van der Waals surface area contributed by atoms with Gasteiger partial charge in [0.05, 0.1) is 0 Å². The highest BCUT2D eigenvalue weighted by molar-refractivity contribution is 6.30. The summed E-state index contributed by atoms with van der Waals surface area (Å²) in [4.78, 5) is 12.8. The van der Waals surface area contributed by atoms with Crippen LogP contribution in [0.3, 0.4) is 0 Å². The second-order valence-corrected chi connectivity index (χ2v) is 10.8. The molecule has 0 saturated carbocycles. The fraction of sp³-hybridized carbons (Fsp3) is 0.303. The maximum Gasteiger partial charge on any atom is 0.220 e. The molecule has 1 aliphatic carbocycles. The predicted octanol–water partition coefficient (Wildman–Crippen LogP) is 7.64. The van der Waals surface area contributed by atoms with Crippen molar-refractivity contribution in [3.05, 3.63) is 112 Å². The number of nitrogens with one attached hydrogen (secondary N) is 2. The topological polar surface area (TPSA) is 50.4 Å². The van der Waals surface area contributed by atoms with Gasteiger partial charge in [-0.05, 0) is 85.4 Å². The van der Waals surface area contributed by atoms with E-state index in [4.69, 9.17) is 16.3 Å². The minimum Gasteiger partial charge on any atom is -0.469 e. The van der Waals surface area contributed by atoms with Crippen LogP contribution < -0.4 is 10.6 Å². The zero-order valence-corrected chi connectivity index (χ0v) is 22.6. The maximum atomic E-state index is 12.8. The SMILES string of the molecule is CC1NC=C(c2ccc(CC3=CCCC(CC(=O)NCc4cccc(-c5ccc(Cl)cc5)c4)CC3)cc2)O1. The molecule has 0 fully saturated rings. The van der Waals surface area contributed by atoms with Gasteiger partial charge in [0.1, 0.15) is 5.76 Å². The van der Waals surface area contributed by atoms with Crippen LogP contribution in [-0.4, -0.2) is 12.1 Å². The van der Waals surface area contributed by atoms with Crippen LogP contribution in [0.4, 0.5) is 0 Å². The third-order valence-electron chi connectivity index (χ3n) is 7.37. The zero-order chi connectivity index (χ0) is 26.3. The molecule has 5 rings (SSSR count). The summed E-state index contributed by atoms with van der Waals surface area (Å²) in [7, 11) is 0. The van der Waals surface area contributed by atoms with E-state index in [1.807, 2.05) is 43.5 Å². The number of carbonyl (C=O) groups is 1. The molecule has 2 aliphatic rings. The number of halogens is 1. The van der Waals surface area contributed by atoms with E-state index >= 15 is 0 Å². The molecule has 0 aromatic heterocycles. The molecule has 5 heteroatoms. The van der Waals surface area contributed by atoms with Crippen LogP contribution in [-0.2, 0) is 22.5 Å². The summed E-state index contributed by atoms with van der Waals surface area (Å²) in [5.41, 5.74) is 7.24. The Hall–Kier alpha value is -3.50. The van der Waals surface area contributed by atoms with Crippen LogP contribution >= 0.6 is 11.6 Å². The number of amides is 1.